The zero-order chi connectivity index (χ0) is 14.9. The van der Waals surface area contributed by atoms with Gasteiger partial charge in [-0.15, -0.1) is 0 Å². The average Bonchev–Trinajstić information content (AvgIpc) is 2.46. The van der Waals surface area contributed by atoms with Crippen LogP contribution in [-0.2, 0) is 14.8 Å². The van der Waals surface area contributed by atoms with E-state index in [1.807, 2.05) is 0 Å². The van der Waals surface area contributed by atoms with Gasteiger partial charge in [0.25, 0.3) is 6.02 Å². The molecule has 1 heterocycles. The summed E-state index contributed by atoms with van der Waals surface area (Å²) in [5, 5.41) is 9.97. The standard InChI is InChI=1S/C14H24N2O4S/c17-14(8-4-1-5-9-14)10-15-13-16-21(18,19)12-7-3-2-6-11(12)20-13/h11-12,17H,1-10H2,(H,15,16). The predicted octanol–water partition coefficient (Wildman–Crippen LogP) is 1.30. The van der Waals surface area contributed by atoms with Crippen molar-refractivity contribution in [2.75, 3.05) is 6.54 Å². The molecule has 2 N–H and O–H groups in total. The maximum absolute atomic E-state index is 12.2. The second-order valence-corrected chi connectivity index (χ2v) is 8.43. The van der Waals surface area contributed by atoms with Gasteiger partial charge in [-0.25, -0.2) is 18.1 Å². The third-order valence-electron chi connectivity index (χ3n) is 4.83. The normalized spacial score (nSPS) is 36.3. The van der Waals surface area contributed by atoms with Gasteiger partial charge in [-0.1, -0.05) is 25.7 Å². The number of nitrogens with one attached hydrogen (secondary N) is 1. The summed E-state index contributed by atoms with van der Waals surface area (Å²) in [6, 6.07) is 0.0668. The average molecular weight is 316 g/mol. The van der Waals surface area contributed by atoms with E-state index in [0.29, 0.717) is 6.42 Å². The van der Waals surface area contributed by atoms with Gasteiger partial charge in [0.2, 0.25) is 10.0 Å². The van der Waals surface area contributed by atoms with E-state index < -0.39 is 20.9 Å². The quantitative estimate of drug-likeness (QED) is 0.804. The summed E-state index contributed by atoms with van der Waals surface area (Å²) in [4.78, 5) is 4.22. The highest BCUT2D eigenvalue weighted by Crippen LogP contribution is 2.30. The fourth-order valence-corrected chi connectivity index (χ4v) is 5.15. The molecule has 21 heavy (non-hydrogen) atoms. The second-order valence-electron chi connectivity index (χ2n) is 6.53. The minimum atomic E-state index is -3.39. The molecule has 3 rings (SSSR count). The molecule has 6 nitrogen and oxygen atoms in total. The molecule has 2 saturated carbocycles. The van der Waals surface area contributed by atoms with Gasteiger partial charge in [0, 0.05) is 0 Å². The van der Waals surface area contributed by atoms with Crippen molar-refractivity contribution >= 4 is 16.0 Å². The Hall–Kier alpha value is -0.820. The van der Waals surface area contributed by atoms with Crippen LogP contribution in [0.2, 0.25) is 0 Å². The molecule has 0 aromatic heterocycles. The van der Waals surface area contributed by atoms with Gasteiger partial charge in [0.1, 0.15) is 11.4 Å². The van der Waals surface area contributed by atoms with Gasteiger partial charge in [-0.2, -0.15) is 0 Å². The van der Waals surface area contributed by atoms with E-state index >= 15 is 0 Å². The van der Waals surface area contributed by atoms with Crippen molar-refractivity contribution in [1.82, 2.24) is 4.72 Å². The molecule has 2 unspecified atom stereocenters. The molecule has 120 valence electrons. The van der Waals surface area contributed by atoms with Crippen molar-refractivity contribution < 1.29 is 18.3 Å². The molecule has 7 heteroatoms. The molecule has 0 aromatic carbocycles. The first-order valence-corrected chi connectivity index (χ1v) is 9.48. The number of fused-ring (bicyclic) bond motifs is 1. The first-order valence-electron chi connectivity index (χ1n) is 7.94. The first kappa shape index (κ1) is 15.1. The number of ether oxygens (including phenoxy) is 1. The van der Waals surface area contributed by atoms with Crippen molar-refractivity contribution in [2.45, 2.75) is 74.7 Å². The lowest BCUT2D eigenvalue weighted by atomic mass is 9.85. The van der Waals surface area contributed by atoms with Crippen LogP contribution in [0.25, 0.3) is 0 Å². The minimum Gasteiger partial charge on any atom is -0.460 e. The first-order chi connectivity index (χ1) is 9.99. The number of sulfonamides is 1. The van der Waals surface area contributed by atoms with Crippen LogP contribution < -0.4 is 4.72 Å². The fraction of sp³-hybridized carbons (Fsp3) is 0.929. The number of hydrogen-bond acceptors (Lipinski definition) is 5. The Bertz CT molecular complexity index is 511. The Morgan fingerprint density at radius 2 is 1.90 bits per heavy atom. The lowest BCUT2D eigenvalue weighted by molar-refractivity contribution is 0.0121. The van der Waals surface area contributed by atoms with Gasteiger partial charge in [-0.05, 0) is 32.1 Å². The highest BCUT2D eigenvalue weighted by molar-refractivity contribution is 7.90. The highest BCUT2D eigenvalue weighted by atomic mass is 32.2. The van der Waals surface area contributed by atoms with Crippen LogP contribution in [0.3, 0.4) is 0 Å². The largest absolute Gasteiger partial charge is 0.460 e. The van der Waals surface area contributed by atoms with E-state index in [4.69, 9.17) is 4.74 Å². The molecule has 0 bridgehead atoms. The van der Waals surface area contributed by atoms with Crippen molar-refractivity contribution in [3.05, 3.63) is 0 Å². The van der Waals surface area contributed by atoms with E-state index in [9.17, 15) is 13.5 Å². The number of hydrogen-bond donors (Lipinski definition) is 2. The smallest absolute Gasteiger partial charge is 0.299 e. The van der Waals surface area contributed by atoms with Crippen molar-refractivity contribution in [2.24, 2.45) is 4.99 Å². The summed E-state index contributed by atoms with van der Waals surface area (Å²) < 4.78 is 32.6. The molecular formula is C14H24N2O4S. The molecule has 2 atom stereocenters. The Morgan fingerprint density at radius 1 is 1.19 bits per heavy atom. The van der Waals surface area contributed by atoms with Crippen LogP contribution in [0.5, 0.6) is 0 Å². The Labute approximate surface area is 126 Å². The Kier molecular flexibility index (Phi) is 4.14. The van der Waals surface area contributed by atoms with Gasteiger partial charge in [0.15, 0.2) is 0 Å². The zero-order valence-corrected chi connectivity index (χ0v) is 13.1. The maximum Gasteiger partial charge on any atom is 0.299 e. The van der Waals surface area contributed by atoms with Gasteiger partial charge in [0.05, 0.1) is 12.1 Å². The third-order valence-corrected chi connectivity index (χ3v) is 6.63. The van der Waals surface area contributed by atoms with E-state index in [1.165, 1.54) is 0 Å². The zero-order valence-electron chi connectivity index (χ0n) is 12.3. The van der Waals surface area contributed by atoms with Gasteiger partial charge in [-0.3, -0.25) is 0 Å². The number of rotatable bonds is 2. The number of nitrogens with zero attached hydrogens (tertiary/aromatic N) is 1. The molecule has 0 aromatic rings. The molecule has 3 aliphatic rings. The number of amidine groups is 1. The molecule has 1 aliphatic heterocycles. The van der Waals surface area contributed by atoms with E-state index in [1.54, 1.807) is 0 Å². The lowest BCUT2D eigenvalue weighted by Gasteiger charge is -2.36. The molecule has 1 saturated heterocycles. The number of aliphatic hydroxyl groups is 1. The van der Waals surface area contributed by atoms with Crippen molar-refractivity contribution in [1.29, 1.82) is 0 Å². The van der Waals surface area contributed by atoms with Crippen molar-refractivity contribution in [3.63, 3.8) is 0 Å². The molecule has 3 fully saturated rings. The molecule has 0 spiro atoms. The molecule has 2 aliphatic carbocycles. The van der Waals surface area contributed by atoms with E-state index in [-0.39, 0.29) is 18.7 Å². The minimum absolute atomic E-state index is 0.0668. The summed E-state index contributed by atoms with van der Waals surface area (Å²) >= 11 is 0. The van der Waals surface area contributed by atoms with Crippen LogP contribution >= 0.6 is 0 Å². The molecule has 0 radical (unpaired) electrons. The van der Waals surface area contributed by atoms with Gasteiger partial charge < -0.3 is 9.84 Å². The summed E-state index contributed by atoms with van der Waals surface area (Å²) in [6.07, 6.45) is 7.64. The van der Waals surface area contributed by atoms with Crippen LogP contribution in [0, 0.1) is 0 Å². The summed E-state index contributed by atoms with van der Waals surface area (Å²) in [5.41, 5.74) is -0.802. The third kappa shape index (κ3) is 3.34. The molecular weight excluding hydrogens is 292 g/mol. The van der Waals surface area contributed by atoms with Gasteiger partial charge >= 0.3 is 0 Å². The van der Waals surface area contributed by atoms with E-state index in [0.717, 1.165) is 51.4 Å². The second kappa shape index (κ2) is 5.76. The van der Waals surface area contributed by atoms with Crippen LogP contribution in [0.1, 0.15) is 57.8 Å². The van der Waals surface area contributed by atoms with Crippen LogP contribution in [-0.4, -0.2) is 43.0 Å². The highest BCUT2D eigenvalue weighted by Gasteiger charge is 2.42. The Balaban J connectivity index is 1.69. The Morgan fingerprint density at radius 3 is 2.67 bits per heavy atom. The summed E-state index contributed by atoms with van der Waals surface area (Å²) in [5.74, 6) is 0. The molecule has 0 amide bonds. The van der Waals surface area contributed by atoms with Crippen molar-refractivity contribution in [3.8, 4) is 0 Å². The summed E-state index contributed by atoms with van der Waals surface area (Å²) in [6.45, 7) is 0.211. The van der Waals surface area contributed by atoms with Crippen LogP contribution in [0.4, 0.5) is 0 Å². The summed E-state index contributed by atoms with van der Waals surface area (Å²) in [7, 11) is -3.39. The van der Waals surface area contributed by atoms with Crippen LogP contribution in [0.15, 0.2) is 4.99 Å². The van der Waals surface area contributed by atoms with E-state index in [2.05, 4.69) is 9.71 Å². The number of aliphatic imine (C=N–C) groups is 1. The lowest BCUT2D eigenvalue weighted by Crippen LogP contribution is -2.54. The monoisotopic (exact) mass is 316 g/mol. The fourth-order valence-electron chi connectivity index (χ4n) is 3.57. The predicted molar refractivity (Wildman–Crippen MR) is 79.5 cm³/mol. The maximum atomic E-state index is 12.2. The SMILES string of the molecule is O=S1(=O)NC(=NCC2(O)CCCCC2)OC2CCCCC21. The topological polar surface area (TPSA) is 88.0 Å².